The summed E-state index contributed by atoms with van der Waals surface area (Å²) < 4.78 is 55.7. The summed E-state index contributed by atoms with van der Waals surface area (Å²) in [5.41, 5.74) is 0.0108. The van der Waals surface area contributed by atoms with Crippen LogP contribution >= 0.6 is 11.6 Å². The lowest BCUT2D eigenvalue weighted by Gasteiger charge is -2.19. The fraction of sp³-hybridized carbons (Fsp3) is 0.0952. The van der Waals surface area contributed by atoms with Crippen LogP contribution in [0.2, 0.25) is 5.02 Å². The van der Waals surface area contributed by atoms with Crippen molar-refractivity contribution in [3.63, 3.8) is 0 Å². The average molecular weight is 451 g/mol. The average Bonchev–Trinajstić information content (AvgIpc) is 2.71. The van der Waals surface area contributed by atoms with Crippen molar-refractivity contribution in [2.24, 2.45) is 0 Å². The number of rotatable bonds is 7. The Morgan fingerprint density at radius 1 is 0.900 bits per heavy atom. The fourth-order valence-electron chi connectivity index (χ4n) is 2.73. The molecule has 5 nitrogen and oxygen atoms in total. The van der Waals surface area contributed by atoms with Crippen molar-refractivity contribution in [3.8, 4) is 0 Å². The molecule has 156 valence electrons. The van der Waals surface area contributed by atoms with Gasteiger partial charge in [0.1, 0.15) is 23.4 Å². The van der Waals surface area contributed by atoms with E-state index in [0.717, 1.165) is 18.2 Å². The van der Waals surface area contributed by atoms with Gasteiger partial charge in [-0.15, -0.1) is 0 Å². The first-order chi connectivity index (χ1) is 14.3. The van der Waals surface area contributed by atoms with Crippen molar-refractivity contribution in [1.82, 2.24) is 4.72 Å². The predicted molar refractivity (Wildman–Crippen MR) is 111 cm³/mol. The largest absolute Gasteiger partial charge is 0.320 e. The van der Waals surface area contributed by atoms with Gasteiger partial charge in [-0.05, 0) is 48.4 Å². The van der Waals surface area contributed by atoms with Gasteiger partial charge in [0.15, 0.2) is 0 Å². The Hall–Kier alpha value is -2.81. The first-order valence-corrected chi connectivity index (χ1v) is 10.7. The molecular weight excluding hydrogens is 434 g/mol. The summed E-state index contributed by atoms with van der Waals surface area (Å²) in [6.45, 7) is 0. The first-order valence-electron chi connectivity index (χ1n) is 8.83. The van der Waals surface area contributed by atoms with E-state index in [0.29, 0.717) is 10.6 Å². The zero-order valence-electron chi connectivity index (χ0n) is 15.5. The minimum absolute atomic E-state index is 0.0322. The van der Waals surface area contributed by atoms with E-state index in [1.165, 1.54) is 24.3 Å². The van der Waals surface area contributed by atoms with Gasteiger partial charge >= 0.3 is 0 Å². The van der Waals surface area contributed by atoms with Crippen LogP contribution in [0.3, 0.4) is 0 Å². The summed E-state index contributed by atoms with van der Waals surface area (Å²) in [4.78, 5) is 12.7. The highest BCUT2D eigenvalue weighted by atomic mass is 35.5. The van der Waals surface area contributed by atoms with Crippen LogP contribution in [0.25, 0.3) is 0 Å². The number of para-hydroxylation sites is 1. The van der Waals surface area contributed by atoms with E-state index in [-0.39, 0.29) is 11.3 Å². The predicted octanol–water partition coefficient (Wildman–Crippen LogP) is 4.15. The maximum atomic E-state index is 13.9. The molecule has 9 heteroatoms. The summed E-state index contributed by atoms with van der Waals surface area (Å²) in [5, 5.41) is 2.49. The highest BCUT2D eigenvalue weighted by molar-refractivity contribution is 7.89. The van der Waals surface area contributed by atoms with Crippen LogP contribution in [-0.2, 0) is 21.2 Å². The van der Waals surface area contributed by atoms with E-state index >= 15 is 0 Å². The molecule has 0 bridgehead atoms. The van der Waals surface area contributed by atoms with Crippen LogP contribution in [-0.4, -0.2) is 20.4 Å². The summed E-state index contributed by atoms with van der Waals surface area (Å²) in [6, 6.07) is 15.8. The second-order valence-electron chi connectivity index (χ2n) is 6.40. The Balaban J connectivity index is 1.90. The Morgan fingerprint density at radius 3 is 2.10 bits per heavy atom. The van der Waals surface area contributed by atoms with Crippen molar-refractivity contribution in [2.75, 3.05) is 5.32 Å². The second-order valence-corrected chi connectivity index (χ2v) is 8.55. The molecule has 0 unspecified atom stereocenters. The molecule has 2 N–H and O–H groups in total. The minimum Gasteiger partial charge on any atom is -0.320 e. The number of anilines is 1. The van der Waals surface area contributed by atoms with Crippen molar-refractivity contribution >= 4 is 33.2 Å². The van der Waals surface area contributed by atoms with E-state index in [4.69, 9.17) is 11.6 Å². The molecule has 0 aromatic heterocycles. The van der Waals surface area contributed by atoms with Crippen molar-refractivity contribution in [1.29, 1.82) is 0 Å². The number of benzene rings is 3. The van der Waals surface area contributed by atoms with Crippen LogP contribution in [0, 0.1) is 11.6 Å². The van der Waals surface area contributed by atoms with Gasteiger partial charge in [-0.2, -0.15) is 4.72 Å². The lowest BCUT2D eigenvalue weighted by molar-refractivity contribution is -0.117. The van der Waals surface area contributed by atoms with Crippen molar-refractivity contribution in [3.05, 3.63) is 95.0 Å². The number of nitrogens with one attached hydrogen (secondary N) is 2. The summed E-state index contributed by atoms with van der Waals surface area (Å²) in [6.07, 6.45) is -0.0322. The lowest BCUT2D eigenvalue weighted by Crippen LogP contribution is -2.45. The molecule has 0 radical (unpaired) electrons. The molecule has 0 saturated carbocycles. The zero-order valence-corrected chi connectivity index (χ0v) is 17.1. The van der Waals surface area contributed by atoms with Crippen LogP contribution in [0.5, 0.6) is 0 Å². The molecule has 0 fully saturated rings. The van der Waals surface area contributed by atoms with Crippen LogP contribution < -0.4 is 10.0 Å². The molecule has 0 heterocycles. The van der Waals surface area contributed by atoms with Gasteiger partial charge in [0.05, 0.1) is 4.90 Å². The zero-order chi connectivity index (χ0) is 21.7. The Bertz CT molecular complexity index is 1120. The SMILES string of the molecule is O=C(Nc1c(F)cccc1F)[C@@H](Cc1ccccc1)NS(=O)(=O)c1ccc(Cl)cc1. The molecule has 3 rings (SSSR count). The number of halogens is 3. The lowest BCUT2D eigenvalue weighted by atomic mass is 10.1. The van der Waals surface area contributed by atoms with E-state index in [2.05, 4.69) is 10.0 Å². The van der Waals surface area contributed by atoms with Crippen LogP contribution in [0.1, 0.15) is 5.56 Å². The number of hydrogen-bond acceptors (Lipinski definition) is 3. The minimum atomic E-state index is -4.11. The topological polar surface area (TPSA) is 75.3 Å². The summed E-state index contributed by atoms with van der Waals surface area (Å²) in [5.74, 6) is -2.84. The van der Waals surface area contributed by atoms with E-state index in [1.54, 1.807) is 30.3 Å². The Morgan fingerprint density at radius 2 is 1.50 bits per heavy atom. The Kier molecular flexibility index (Phi) is 6.81. The van der Waals surface area contributed by atoms with E-state index in [9.17, 15) is 22.0 Å². The Labute approximate surface area is 177 Å². The van der Waals surface area contributed by atoms with Crippen LogP contribution in [0.4, 0.5) is 14.5 Å². The molecule has 1 atom stereocenters. The third-order valence-corrected chi connectivity index (χ3v) is 5.97. The highest BCUT2D eigenvalue weighted by Gasteiger charge is 2.27. The van der Waals surface area contributed by atoms with Crippen molar-refractivity contribution in [2.45, 2.75) is 17.4 Å². The van der Waals surface area contributed by atoms with Crippen LogP contribution in [0.15, 0.2) is 77.7 Å². The number of hydrogen-bond donors (Lipinski definition) is 2. The van der Waals surface area contributed by atoms with Crippen molar-refractivity contribution < 1.29 is 22.0 Å². The van der Waals surface area contributed by atoms with Gasteiger partial charge in [-0.1, -0.05) is 48.0 Å². The van der Waals surface area contributed by atoms with Gasteiger partial charge in [0.25, 0.3) is 0 Å². The quantitative estimate of drug-likeness (QED) is 0.568. The summed E-state index contributed by atoms with van der Waals surface area (Å²) in [7, 11) is -4.11. The molecule has 0 aliphatic carbocycles. The molecule has 0 spiro atoms. The maximum Gasteiger partial charge on any atom is 0.243 e. The highest BCUT2D eigenvalue weighted by Crippen LogP contribution is 2.20. The van der Waals surface area contributed by atoms with Gasteiger partial charge in [0, 0.05) is 5.02 Å². The maximum absolute atomic E-state index is 13.9. The monoisotopic (exact) mass is 450 g/mol. The molecule has 3 aromatic carbocycles. The summed E-state index contributed by atoms with van der Waals surface area (Å²) >= 11 is 5.79. The van der Waals surface area contributed by atoms with Gasteiger partial charge < -0.3 is 5.32 Å². The van der Waals surface area contributed by atoms with Gasteiger partial charge in [-0.3, -0.25) is 4.79 Å². The number of sulfonamides is 1. The number of amides is 1. The standard InChI is InChI=1S/C21H17ClF2N2O3S/c22-15-9-11-16(12-10-15)30(28,29)26-19(13-14-5-2-1-3-6-14)21(27)25-20-17(23)7-4-8-18(20)24/h1-12,19,26H,13H2,(H,25,27)/t19-/m1/s1. The third kappa shape index (κ3) is 5.41. The molecule has 1 amide bonds. The molecule has 0 saturated heterocycles. The second kappa shape index (κ2) is 9.34. The molecule has 3 aromatic rings. The fourth-order valence-corrected chi connectivity index (χ4v) is 4.06. The first kappa shape index (κ1) is 21.9. The normalized spacial score (nSPS) is 12.4. The van der Waals surface area contributed by atoms with E-state index < -0.39 is 39.3 Å². The third-order valence-electron chi connectivity index (χ3n) is 4.23. The van der Waals surface area contributed by atoms with Gasteiger partial charge in [-0.25, -0.2) is 17.2 Å². The molecular formula is C21H17ClF2N2O3S. The number of carbonyl (C=O) groups is 1. The van der Waals surface area contributed by atoms with Gasteiger partial charge in [0.2, 0.25) is 15.9 Å². The molecule has 30 heavy (non-hydrogen) atoms. The van der Waals surface area contributed by atoms with E-state index in [1.807, 2.05) is 0 Å². The smallest absolute Gasteiger partial charge is 0.243 e. The number of carbonyl (C=O) groups excluding carboxylic acids is 1. The molecule has 0 aliphatic rings. The molecule has 0 aliphatic heterocycles.